The molecular formula is C19H26N2O9. The van der Waals surface area contributed by atoms with Crippen LogP contribution < -0.4 is 14.8 Å². The maximum absolute atomic E-state index is 12.1. The highest BCUT2D eigenvalue weighted by molar-refractivity contribution is 5.79. The van der Waals surface area contributed by atoms with Crippen molar-refractivity contribution in [2.24, 2.45) is 0 Å². The first kappa shape index (κ1) is 24.7. The Balaban J connectivity index is 2.53. The number of amides is 1. The molecule has 1 N–H and O–H groups in total. The van der Waals surface area contributed by atoms with E-state index < -0.39 is 22.8 Å². The van der Waals surface area contributed by atoms with E-state index in [0.29, 0.717) is 19.1 Å². The van der Waals surface area contributed by atoms with E-state index >= 15 is 0 Å². The minimum atomic E-state index is -0.867. The number of alkyl carbamates (subject to hydrolysis) is 1. The fourth-order valence-corrected chi connectivity index (χ4v) is 2.08. The van der Waals surface area contributed by atoms with Gasteiger partial charge in [0.1, 0.15) is 11.9 Å². The zero-order chi connectivity index (χ0) is 22.6. The number of carbonyl (C=O) groups is 3. The van der Waals surface area contributed by atoms with Crippen LogP contribution in [0.4, 0.5) is 4.79 Å². The van der Waals surface area contributed by atoms with Gasteiger partial charge in [0.2, 0.25) is 0 Å². The van der Waals surface area contributed by atoms with Crippen LogP contribution in [0.15, 0.2) is 18.2 Å². The molecule has 0 saturated heterocycles. The van der Waals surface area contributed by atoms with Gasteiger partial charge in [-0.1, -0.05) is 0 Å². The summed E-state index contributed by atoms with van der Waals surface area (Å²) in [5, 5.41) is 11.7. The zero-order valence-corrected chi connectivity index (χ0v) is 17.2. The zero-order valence-electron chi connectivity index (χ0n) is 17.2. The number of esters is 1. The fourth-order valence-electron chi connectivity index (χ4n) is 2.08. The van der Waals surface area contributed by atoms with Gasteiger partial charge >= 0.3 is 12.1 Å². The van der Waals surface area contributed by atoms with Gasteiger partial charge in [0.15, 0.2) is 11.5 Å². The van der Waals surface area contributed by atoms with Crippen molar-refractivity contribution in [2.75, 3.05) is 19.8 Å². The molecule has 0 bridgehead atoms. The third-order valence-electron chi connectivity index (χ3n) is 3.32. The van der Waals surface area contributed by atoms with Crippen molar-refractivity contribution in [3.8, 4) is 11.5 Å². The Bertz CT molecular complexity index is 744. The van der Waals surface area contributed by atoms with E-state index in [2.05, 4.69) is 10.2 Å². The average Bonchev–Trinajstić information content (AvgIpc) is 2.63. The quantitative estimate of drug-likeness (QED) is 0.133. The Hall–Kier alpha value is -3.37. The molecule has 0 atom stereocenters. The molecule has 1 aromatic rings. The van der Waals surface area contributed by atoms with Gasteiger partial charge in [-0.2, -0.15) is 0 Å². The summed E-state index contributed by atoms with van der Waals surface area (Å²) in [6, 6.07) is 4.34. The molecule has 0 aliphatic carbocycles. The molecule has 1 amide bonds. The first-order chi connectivity index (χ1) is 14.1. The van der Waals surface area contributed by atoms with E-state index in [-0.39, 0.29) is 43.2 Å². The summed E-state index contributed by atoms with van der Waals surface area (Å²) in [6.07, 6.45) is 0.695. The summed E-state index contributed by atoms with van der Waals surface area (Å²) < 4.78 is 15.9. The smallest absolute Gasteiger partial charge is 0.407 e. The number of ether oxygens (including phenoxy) is 3. The molecule has 0 heterocycles. The van der Waals surface area contributed by atoms with E-state index in [9.17, 15) is 24.5 Å². The van der Waals surface area contributed by atoms with Gasteiger partial charge in [-0.15, -0.1) is 10.1 Å². The first-order valence-electron chi connectivity index (χ1n) is 9.27. The standard InChI is InChI=1S/C19H26N2O9/c1-19(2,3)30-18(24)20-9-8-17(23)29-16-12-14(13-22)6-7-15(16)27-10-4-5-11-28-21(25)26/h6-7,12-13H,4-5,8-11H2,1-3H3,(H,20,24). The molecular weight excluding hydrogens is 400 g/mol. The van der Waals surface area contributed by atoms with Gasteiger partial charge in [-0.3, -0.25) is 9.59 Å². The molecule has 0 spiro atoms. The molecule has 1 aromatic carbocycles. The topological polar surface area (TPSA) is 143 Å². The summed E-state index contributed by atoms with van der Waals surface area (Å²) >= 11 is 0. The van der Waals surface area contributed by atoms with E-state index in [0.717, 1.165) is 0 Å². The van der Waals surface area contributed by atoms with E-state index in [1.807, 2.05) is 0 Å². The molecule has 0 saturated carbocycles. The third kappa shape index (κ3) is 10.8. The number of hydrogen-bond acceptors (Lipinski definition) is 9. The van der Waals surface area contributed by atoms with Crippen molar-refractivity contribution in [1.29, 1.82) is 0 Å². The van der Waals surface area contributed by atoms with Crippen LogP contribution in [0.2, 0.25) is 0 Å². The normalized spacial score (nSPS) is 10.6. The lowest BCUT2D eigenvalue weighted by molar-refractivity contribution is -0.757. The van der Waals surface area contributed by atoms with Crippen molar-refractivity contribution in [2.45, 2.75) is 45.6 Å². The fraction of sp³-hybridized carbons (Fsp3) is 0.526. The summed E-state index contributed by atoms with van der Waals surface area (Å²) in [6.45, 7) is 5.32. The number of nitrogens with zero attached hydrogens (tertiary/aromatic N) is 1. The minimum Gasteiger partial charge on any atom is -0.490 e. The molecule has 0 radical (unpaired) electrons. The second-order valence-electron chi connectivity index (χ2n) is 7.09. The van der Waals surface area contributed by atoms with Gasteiger partial charge in [0.25, 0.3) is 5.09 Å². The Morgan fingerprint density at radius 2 is 1.87 bits per heavy atom. The number of aldehydes is 1. The number of rotatable bonds is 12. The molecule has 0 unspecified atom stereocenters. The van der Waals surface area contributed by atoms with Gasteiger partial charge < -0.3 is 24.4 Å². The molecule has 0 fully saturated rings. The lowest BCUT2D eigenvalue weighted by atomic mass is 10.2. The molecule has 166 valence electrons. The SMILES string of the molecule is CC(C)(C)OC(=O)NCCC(=O)Oc1cc(C=O)ccc1OCCCCO[N+](=O)[O-]. The summed E-state index contributed by atoms with van der Waals surface area (Å²) in [4.78, 5) is 48.9. The van der Waals surface area contributed by atoms with E-state index in [1.165, 1.54) is 18.2 Å². The lowest BCUT2D eigenvalue weighted by Crippen LogP contribution is -2.34. The molecule has 30 heavy (non-hydrogen) atoms. The molecule has 0 aliphatic rings. The average molecular weight is 426 g/mol. The highest BCUT2D eigenvalue weighted by atomic mass is 16.9. The highest BCUT2D eigenvalue weighted by Crippen LogP contribution is 2.28. The predicted molar refractivity (Wildman–Crippen MR) is 104 cm³/mol. The second-order valence-corrected chi connectivity index (χ2v) is 7.09. The minimum absolute atomic E-state index is 0.00769. The van der Waals surface area contributed by atoms with E-state index in [1.54, 1.807) is 20.8 Å². The lowest BCUT2D eigenvalue weighted by Gasteiger charge is -2.19. The molecule has 11 nitrogen and oxygen atoms in total. The van der Waals surface area contributed by atoms with Crippen molar-refractivity contribution in [3.05, 3.63) is 33.9 Å². The van der Waals surface area contributed by atoms with Gasteiger partial charge in [0, 0.05) is 12.1 Å². The summed E-state index contributed by atoms with van der Waals surface area (Å²) in [5.41, 5.74) is -0.363. The van der Waals surface area contributed by atoms with Gasteiger partial charge in [0.05, 0.1) is 19.6 Å². The Morgan fingerprint density at radius 1 is 1.17 bits per heavy atom. The molecule has 11 heteroatoms. The number of hydrogen-bond donors (Lipinski definition) is 1. The van der Waals surface area contributed by atoms with Crippen molar-refractivity contribution >= 4 is 18.3 Å². The van der Waals surface area contributed by atoms with Crippen LogP contribution in [0.5, 0.6) is 11.5 Å². The summed E-state index contributed by atoms with van der Waals surface area (Å²) in [5.74, 6) is -0.342. The van der Waals surface area contributed by atoms with Crippen LogP contribution in [0.1, 0.15) is 50.4 Å². The predicted octanol–water partition coefficient (Wildman–Crippen LogP) is 2.69. The highest BCUT2D eigenvalue weighted by Gasteiger charge is 2.17. The van der Waals surface area contributed by atoms with E-state index in [4.69, 9.17) is 14.2 Å². The van der Waals surface area contributed by atoms with Crippen molar-refractivity contribution in [1.82, 2.24) is 5.32 Å². The van der Waals surface area contributed by atoms with Crippen LogP contribution in [-0.2, 0) is 14.4 Å². The maximum atomic E-state index is 12.1. The first-order valence-corrected chi connectivity index (χ1v) is 9.27. The van der Waals surface area contributed by atoms with Crippen LogP contribution in [0, 0.1) is 10.1 Å². The van der Waals surface area contributed by atoms with Crippen molar-refractivity contribution in [3.63, 3.8) is 0 Å². The number of carbonyl (C=O) groups excluding carboxylic acids is 3. The van der Waals surface area contributed by atoms with Crippen LogP contribution >= 0.6 is 0 Å². The van der Waals surface area contributed by atoms with Crippen LogP contribution in [-0.4, -0.2) is 48.8 Å². The monoisotopic (exact) mass is 426 g/mol. The molecule has 0 aromatic heterocycles. The number of benzene rings is 1. The van der Waals surface area contributed by atoms with Gasteiger partial charge in [-0.25, -0.2) is 4.79 Å². The van der Waals surface area contributed by atoms with Crippen LogP contribution in [0.3, 0.4) is 0 Å². The maximum Gasteiger partial charge on any atom is 0.407 e. The number of nitrogens with one attached hydrogen (secondary N) is 1. The largest absolute Gasteiger partial charge is 0.490 e. The Morgan fingerprint density at radius 3 is 2.50 bits per heavy atom. The number of unbranched alkanes of at least 4 members (excludes halogenated alkanes) is 1. The Labute approximate surface area is 173 Å². The third-order valence-corrected chi connectivity index (χ3v) is 3.32. The van der Waals surface area contributed by atoms with Gasteiger partial charge in [-0.05, 0) is 51.8 Å². The second kappa shape index (κ2) is 12.2. The molecule has 0 aliphatic heterocycles. The van der Waals surface area contributed by atoms with Crippen molar-refractivity contribution < 1.29 is 38.5 Å². The molecule has 1 rings (SSSR count). The summed E-state index contributed by atoms with van der Waals surface area (Å²) in [7, 11) is 0. The van der Waals surface area contributed by atoms with Crippen LogP contribution in [0.25, 0.3) is 0 Å². The Kier molecular flexibility index (Phi) is 10.1.